The van der Waals surface area contributed by atoms with Crippen LogP contribution in [0.25, 0.3) is 0 Å². The van der Waals surface area contributed by atoms with Gasteiger partial charge in [0.1, 0.15) is 10.9 Å². The fraction of sp³-hybridized carbons (Fsp3) is 0.286. The average Bonchev–Trinajstić information content (AvgIpc) is 1.98. The Morgan fingerprint density at radius 3 is 2.25 bits per heavy atom. The lowest BCUT2D eigenvalue weighted by Crippen LogP contribution is -1.93. The second-order valence-corrected chi connectivity index (χ2v) is 2.85. The molecule has 1 N–H and O–H groups in total. The Bertz CT molecular complexity index is 269. The molecule has 0 radical (unpaired) electrons. The SMILES string of the molecule is CC(=N)/N=C\C(Cl)=C(\Cl)C(C)=O. The number of carbonyl (C=O) groups excluding carboxylic acids is 1. The van der Waals surface area contributed by atoms with Gasteiger partial charge in [-0.15, -0.1) is 0 Å². The second-order valence-electron chi connectivity index (χ2n) is 2.06. The molecule has 0 aromatic heterocycles. The Morgan fingerprint density at radius 1 is 1.42 bits per heavy atom. The fourth-order valence-corrected chi connectivity index (χ4v) is 0.609. The van der Waals surface area contributed by atoms with E-state index in [1.54, 1.807) is 0 Å². The van der Waals surface area contributed by atoms with Crippen molar-refractivity contribution < 1.29 is 4.79 Å². The zero-order valence-corrected chi connectivity index (χ0v) is 8.20. The zero-order valence-electron chi connectivity index (χ0n) is 6.69. The molecular weight excluding hydrogens is 199 g/mol. The van der Waals surface area contributed by atoms with Crippen LogP contribution < -0.4 is 0 Å². The maximum absolute atomic E-state index is 10.6. The van der Waals surface area contributed by atoms with Gasteiger partial charge in [0.25, 0.3) is 0 Å². The van der Waals surface area contributed by atoms with E-state index >= 15 is 0 Å². The van der Waals surface area contributed by atoms with Crippen LogP contribution in [-0.2, 0) is 4.79 Å². The number of Topliss-reactive ketones (excluding diaryl/α,β-unsaturated/α-hetero) is 1. The Morgan fingerprint density at radius 2 is 1.92 bits per heavy atom. The van der Waals surface area contributed by atoms with Gasteiger partial charge < -0.3 is 0 Å². The second kappa shape index (κ2) is 5.06. The van der Waals surface area contributed by atoms with Crippen molar-refractivity contribution in [3.05, 3.63) is 10.1 Å². The summed E-state index contributed by atoms with van der Waals surface area (Å²) in [4.78, 5) is 14.2. The van der Waals surface area contributed by atoms with Crippen LogP contribution in [0.4, 0.5) is 0 Å². The van der Waals surface area contributed by atoms with E-state index in [1.807, 2.05) is 0 Å². The maximum atomic E-state index is 10.6. The van der Waals surface area contributed by atoms with E-state index in [-0.39, 0.29) is 21.7 Å². The van der Waals surface area contributed by atoms with Crippen LogP contribution in [0.2, 0.25) is 0 Å². The lowest BCUT2D eigenvalue weighted by Gasteiger charge is -1.92. The highest BCUT2D eigenvalue weighted by atomic mass is 35.5. The molecule has 0 heterocycles. The highest BCUT2D eigenvalue weighted by Crippen LogP contribution is 2.12. The van der Waals surface area contributed by atoms with Gasteiger partial charge in [-0.1, -0.05) is 23.2 Å². The predicted octanol–water partition coefficient (Wildman–Crippen LogP) is 2.33. The van der Waals surface area contributed by atoms with Crippen LogP contribution in [0.15, 0.2) is 15.1 Å². The molecule has 0 aliphatic heterocycles. The molecule has 5 heteroatoms. The first kappa shape index (κ1) is 11.3. The van der Waals surface area contributed by atoms with Crippen molar-refractivity contribution in [2.75, 3.05) is 0 Å². The van der Waals surface area contributed by atoms with Crippen LogP contribution >= 0.6 is 23.2 Å². The van der Waals surface area contributed by atoms with Gasteiger partial charge in [-0.25, -0.2) is 4.99 Å². The van der Waals surface area contributed by atoms with Crippen molar-refractivity contribution in [2.45, 2.75) is 13.8 Å². The summed E-state index contributed by atoms with van der Waals surface area (Å²) in [6, 6.07) is 0. The molecule has 0 unspecified atom stereocenters. The maximum Gasteiger partial charge on any atom is 0.172 e. The van der Waals surface area contributed by atoms with Crippen molar-refractivity contribution in [2.24, 2.45) is 4.99 Å². The first-order valence-corrected chi connectivity index (χ1v) is 3.86. The minimum absolute atomic E-state index is 0.0516. The van der Waals surface area contributed by atoms with Crippen molar-refractivity contribution >= 4 is 41.0 Å². The third-order valence-corrected chi connectivity index (χ3v) is 1.74. The summed E-state index contributed by atoms with van der Waals surface area (Å²) in [7, 11) is 0. The lowest BCUT2D eigenvalue weighted by molar-refractivity contribution is -0.113. The molecule has 0 rings (SSSR count). The number of carbonyl (C=O) groups is 1. The average molecular weight is 207 g/mol. The van der Waals surface area contributed by atoms with Gasteiger partial charge in [0.2, 0.25) is 0 Å². The van der Waals surface area contributed by atoms with Crippen LogP contribution in [0, 0.1) is 5.41 Å². The van der Waals surface area contributed by atoms with Crippen LogP contribution in [0.1, 0.15) is 13.8 Å². The van der Waals surface area contributed by atoms with Crippen molar-refractivity contribution in [3.63, 3.8) is 0 Å². The molecule has 0 atom stereocenters. The monoisotopic (exact) mass is 206 g/mol. The molecule has 0 fully saturated rings. The first-order chi connectivity index (χ1) is 5.45. The number of nitrogens with zero attached hydrogens (tertiary/aromatic N) is 1. The van der Waals surface area contributed by atoms with E-state index in [9.17, 15) is 4.79 Å². The van der Waals surface area contributed by atoms with Crippen LogP contribution in [-0.4, -0.2) is 17.8 Å². The van der Waals surface area contributed by atoms with Crippen LogP contribution in [0.3, 0.4) is 0 Å². The van der Waals surface area contributed by atoms with Crippen molar-refractivity contribution in [1.82, 2.24) is 0 Å². The summed E-state index contributed by atoms with van der Waals surface area (Å²) in [6.07, 6.45) is 1.17. The number of nitrogens with one attached hydrogen (secondary N) is 1. The quantitative estimate of drug-likeness (QED) is 0.421. The van der Waals surface area contributed by atoms with E-state index in [0.29, 0.717) is 0 Å². The molecule has 0 amide bonds. The summed E-state index contributed by atoms with van der Waals surface area (Å²) in [6.45, 7) is 2.79. The summed E-state index contributed by atoms with van der Waals surface area (Å²) in [5, 5.41) is 6.91. The molecular formula is C7H8Cl2N2O. The largest absolute Gasteiger partial charge is 0.293 e. The Labute approximate surface area is 80.6 Å². The van der Waals surface area contributed by atoms with Gasteiger partial charge in [-0.3, -0.25) is 10.2 Å². The summed E-state index contributed by atoms with van der Waals surface area (Å²) < 4.78 is 0. The Balaban J connectivity index is 4.58. The lowest BCUT2D eigenvalue weighted by atomic mass is 10.4. The highest BCUT2D eigenvalue weighted by Gasteiger charge is 2.03. The van der Waals surface area contributed by atoms with Crippen molar-refractivity contribution in [1.29, 1.82) is 5.41 Å². The van der Waals surface area contributed by atoms with Gasteiger partial charge in [-0.2, -0.15) is 0 Å². The highest BCUT2D eigenvalue weighted by molar-refractivity contribution is 6.52. The van der Waals surface area contributed by atoms with Gasteiger partial charge in [0.15, 0.2) is 5.78 Å². The number of amidine groups is 1. The fourth-order valence-electron chi connectivity index (χ4n) is 0.378. The summed E-state index contributed by atoms with van der Waals surface area (Å²) in [5.41, 5.74) is 0. The number of halogens is 2. The van der Waals surface area contributed by atoms with E-state index < -0.39 is 0 Å². The third kappa shape index (κ3) is 4.26. The van der Waals surface area contributed by atoms with Gasteiger partial charge in [-0.05, 0) is 6.92 Å². The van der Waals surface area contributed by atoms with Gasteiger partial charge >= 0.3 is 0 Å². The molecule has 0 saturated heterocycles. The normalized spacial score (nSPS) is 13.0. The molecule has 0 aromatic rings. The standard InChI is InChI=1S/C7H8Cl2N2O/c1-4(12)7(9)6(8)3-11-5(2)10/h3,10H,1-2H3/b7-6-,10-5?,11-3-. The topological polar surface area (TPSA) is 53.3 Å². The molecule has 0 aromatic carbocycles. The predicted molar refractivity (Wildman–Crippen MR) is 51.3 cm³/mol. The molecule has 66 valence electrons. The number of hydrogen-bond donors (Lipinski definition) is 1. The molecule has 12 heavy (non-hydrogen) atoms. The summed E-state index contributed by atoms with van der Waals surface area (Å²) in [5.74, 6) is -0.225. The summed E-state index contributed by atoms with van der Waals surface area (Å²) >= 11 is 11.0. The number of rotatable bonds is 2. The number of ketones is 1. The number of aliphatic imine (C=N–C) groups is 1. The number of allylic oxidation sites excluding steroid dienone is 2. The molecule has 0 aliphatic carbocycles. The molecule has 0 spiro atoms. The van der Waals surface area contributed by atoms with E-state index in [0.717, 1.165) is 0 Å². The Hall–Kier alpha value is -0.670. The van der Waals surface area contributed by atoms with Crippen molar-refractivity contribution in [3.8, 4) is 0 Å². The Kier molecular flexibility index (Phi) is 4.78. The van der Waals surface area contributed by atoms with Crippen LogP contribution in [0.5, 0.6) is 0 Å². The molecule has 0 aliphatic rings. The minimum Gasteiger partial charge on any atom is -0.293 e. The number of hydrogen-bond acceptors (Lipinski definition) is 2. The first-order valence-electron chi connectivity index (χ1n) is 3.10. The van der Waals surface area contributed by atoms with Gasteiger partial charge in [0.05, 0.1) is 5.03 Å². The van der Waals surface area contributed by atoms with E-state index in [2.05, 4.69) is 4.99 Å². The van der Waals surface area contributed by atoms with Gasteiger partial charge in [0, 0.05) is 13.1 Å². The molecule has 3 nitrogen and oxygen atoms in total. The third-order valence-electron chi connectivity index (χ3n) is 0.890. The van der Waals surface area contributed by atoms with E-state index in [1.165, 1.54) is 20.1 Å². The molecule has 0 saturated carbocycles. The smallest absolute Gasteiger partial charge is 0.172 e. The zero-order chi connectivity index (χ0) is 9.72. The minimum atomic E-state index is -0.323. The van der Waals surface area contributed by atoms with E-state index in [4.69, 9.17) is 28.6 Å². The molecule has 0 bridgehead atoms.